The standard InChI is InChI=1S/C24H28O4Si2/c1-17(25)27-23-11-9-20-19(21(23)13-15-29(3,4)5)10-12-24(28-18(2)26)22(20)14-16-30(6,7)8/h9-12H,1-8H3. The van der Waals surface area contributed by atoms with Crippen LogP contribution in [0.15, 0.2) is 24.3 Å². The number of carbonyl (C=O) groups is 2. The SMILES string of the molecule is CC(=O)Oc1ccc2c(C#C[Si](C)(C)C)c(OC(C)=O)ccc2c1C#C[Si](C)(C)C. The van der Waals surface area contributed by atoms with Gasteiger partial charge in [-0.3, -0.25) is 9.59 Å². The summed E-state index contributed by atoms with van der Waals surface area (Å²) in [6, 6.07) is 7.15. The van der Waals surface area contributed by atoms with Gasteiger partial charge in [-0.25, -0.2) is 0 Å². The third kappa shape index (κ3) is 6.62. The molecule has 2 aromatic rings. The van der Waals surface area contributed by atoms with Crippen molar-refractivity contribution >= 4 is 38.9 Å². The van der Waals surface area contributed by atoms with Crippen molar-refractivity contribution in [3.63, 3.8) is 0 Å². The molecule has 0 spiro atoms. The molecule has 0 unspecified atom stereocenters. The van der Waals surface area contributed by atoms with Crippen molar-refractivity contribution in [3.8, 4) is 34.4 Å². The van der Waals surface area contributed by atoms with Crippen LogP contribution in [0.1, 0.15) is 25.0 Å². The maximum Gasteiger partial charge on any atom is 0.308 e. The lowest BCUT2D eigenvalue weighted by Crippen LogP contribution is -2.16. The molecule has 0 saturated carbocycles. The predicted octanol–water partition coefficient (Wildman–Crippen LogP) is 5.15. The van der Waals surface area contributed by atoms with E-state index in [4.69, 9.17) is 9.47 Å². The highest BCUT2D eigenvalue weighted by Crippen LogP contribution is 2.34. The molecule has 0 aliphatic rings. The summed E-state index contributed by atoms with van der Waals surface area (Å²) in [6.45, 7) is 15.7. The van der Waals surface area contributed by atoms with Crippen LogP contribution in [-0.2, 0) is 9.59 Å². The zero-order valence-corrected chi connectivity index (χ0v) is 20.9. The number of fused-ring (bicyclic) bond motifs is 1. The summed E-state index contributed by atoms with van der Waals surface area (Å²) >= 11 is 0. The number of hydrogen-bond acceptors (Lipinski definition) is 4. The van der Waals surface area contributed by atoms with Crippen LogP contribution in [0.4, 0.5) is 0 Å². The van der Waals surface area contributed by atoms with Crippen molar-refractivity contribution in [2.45, 2.75) is 53.1 Å². The Kier molecular flexibility index (Phi) is 6.97. The zero-order valence-electron chi connectivity index (χ0n) is 18.9. The summed E-state index contributed by atoms with van der Waals surface area (Å²) in [5.74, 6) is 6.54. The molecule has 0 saturated heterocycles. The molecule has 6 heteroatoms. The molecular weight excluding hydrogens is 408 g/mol. The average Bonchev–Trinajstić information content (AvgIpc) is 2.56. The molecule has 0 aliphatic carbocycles. The quantitative estimate of drug-likeness (QED) is 0.283. The largest absolute Gasteiger partial charge is 0.425 e. The summed E-state index contributed by atoms with van der Waals surface area (Å²) in [5.41, 5.74) is 8.00. The molecule has 0 fully saturated rings. The van der Waals surface area contributed by atoms with Crippen molar-refractivity contribution in [3.05, 3.63) is 35.4 Å². The molecule has 0 aromatic heterocycles. The van der Waals surface area contributed by atoms with Crippen molar-refractivity contribution in [1.29, 1.82) is 0 Å². The highest BCUT2D eigenvalue weighted by atomic mass is 28.3. The summed E-state index contributed by atoms with van der Waals surface area (Å²) in [6.07, 6.45) is 0. The molecule has 2 aromatic carbocycles. The fraction of sp³-hybridized carbons (Fsp3) is 0.333. The third-order valence-corrected chi connectivity index (χ3v) is 5.51. The first kappa shape index (κ1) is 23.5. The van der Waals surface area contributed by atoms with Crippen LogP contribution in [0, 0.1) is 22.9 Å². The Balaban J connectivity index is 2.90. The van der Waals surface area contributed by atoms with Gasteiger partial charge in [0.15, 0.2) is 0 Å². The van der Waals surface area contributed by atoms with E-state index in [9.17, 15) is 9.59 Å². The second kappa shape index (κ2) is 8.91. The predicted molar refractivity (Wildman–Crippen MR) is 127 cm³/mol. The normalized spacial score (nSPS) is 11.1. The summed E-state index contributed by atoms with van der Waals surface area (Å²) in [4.78, 5) is 23.2. The fourth-order valence-electron chi connectivity index (χ4n) is 2.60. The second-order valence-electron chi connectivity index (χ2n) is 9.16. The van der Waals surface area contributed by atoms with Crippen molar-refractivity contribution < 1.29 is 19.1 Å². The van der Waals surface area contributed by atoms with E-state index in [1.165, 1.54) is 13.8 Å². The minimum atomic E-state index is -1.67. The Morgan fingerprint density at radius 2 is 1.00 bits per heavy atom. The highest BCUT2D eigenvalue weighted by molar-refractivity contribution is 6.84. The van der Waals surface area contributed by atoms with Gasteiger partial charge in [-0.2, -0.15) is 0 Å². The van der Waals surface area contributed by atoms with Crippen LogP contribution in [0.3, 0.4) is 0 Å². The Labute approximate surface area is 181 Å². The molecule has 30 heavy (non-hydrogen) atoms. The molecule has 0 radical (unpaired) electrons. The van der Waals surface area contributed by atoms with Crippen LogP contribution in [0.5, 0.6) is 11.5 Å². The van der Waals surface area contributed by atoms with Gasteiger partial charge in [0.05, 0.1) is 11.1 Å². The van der Waals surface area contributed by atoms with Gasteiger partial charge in [0.2, 0.25) is 0 Å². The van der Waals surface area contributed by atoms with Crippen LogP contribution in [0.2, 0.25) is 39.3 Å². The molecule has 0 amide bonds. The molecule has 2 rings (SSSR count). The second-order valence-corrected chi connectivity index (χ2v) is 18.7. The Hall–Kier alpha value is -2.81. The van der Waals surface area contributed by atoms with Crippen molar-refractivity contribution in [2.75, 3.05) is 0 Å². The first-order chi connectivity index (χ1) is 13.8. The summed E-state index contributed by atoms with van der Waals surface area (Å²) < 4.78 is 10.9. The fourth-order valence-corrected chi connectivity index (χ4v) is 3.60. The van der Waals surface area contributed by atoms with E-state index in [0.717, 1.165) is 10.8 Å². The lowest BCUT2D eigenvalue weighted by Gasteiger charge is -2.13. The maximum absolute atomic E-state index is 11.6. The minimum absolute atomic E-state index is 0.402. The maximum atomic E-state index is 11.6. The molecule has 156 valence electrons. The Morgan fingerprint density at radius 1 is 0.667 bits per heavy atom. The van der Waals surface area contributed by atoms with Crippen molar-refractivity contribution in [1.82, 2.24) is 0 Å². The molecule has 0 aliphatic heterocycles. The third-order valence-electron chi connectivity index (χ3n) is 3.76. The van der Waals surface area contributed by atoms with Crippen LogP contribution in [-0.4, -0.2) is 28.1 Å². The van der Waals surface area contributed by atoms with E-state index in [0.29, 0.717) is 22.6 Å². The van der Waals surface area contributed by atoms with E-state index in [1.807, 2.05) is 12.1 Å². The van der Waals surface area contributed by atoms with Crippen LogP contribution < -0.4 is 9.47 Å². The van der Waals surface area contributed by atoms with Crippen LogP contribution >= 0.6 is 0 Å². The molecule has 0 bridgehead atoms. The Bertz CT molecular complexity index is 1040. The van der Waals surface area contributed by atoms with E-state index in [1.54, 1.807) is 12.1 Å². The lowest BCUT2D eigenvalue weighted by atomic mass is 9.99. The summed E-state index contributed by atoms with van der Waals surface area (Å²) in [7, 11) is -3.34. The van der Waals surface area contributed by atoms with Gasteiger partial charge in [-0.05, 0) is 24.3 Å². The van der Waals surface area contributed by atoms with Gasteiger partial charge >= 0.3 is 11.9 Å². The molecule has 0 atom stereocenters. The zero-order chi connectivity index (χ0) is 22.7. The topological polar surface area (TPSA) is 52.6 Å². The monoisotopic (exact) mass is 436 g/mol. The minimum Gasteiger partial charge on any atom is -0.425 e. The number of rotatable bonds is 2. The van der Waals surface area contributed by atoms with E-state index in [2.05, 4.69) is 62.2 Å². The lowest BCUT2D eigenvalue weighted by molar-refractivity contribution is -0.132. The van der Waals surface area contributed by atoms with Crippen molar-refractivity contribution in [2.24, 2.45) is 0 Å². The Morgan fingerprint density at radius 3 is 1.27 bits per heavy atom. The molecule has 0 heterocycles. The number of benzene rings is 2. The van der Waals surface area contributed by atoms with Gasteiger partial charge in [0, 0.05) is 24.6 Å². The first-order valence-electron chi connectivity index (χ1n) is 9.80. The van der Waals surface area contributed by atoms with Gasteiger partial charge in [0.25, 0.3) is 0 Å². The van der Waals surface area contributed by atoms with Gasteiger partial charge in [-0.1, -0.05) is 51.1 Å². The summed E-state index contributed by atoms with van der Waals surface area (Å²) in [5, 5.41) is 1.63. The molecule has 0 N–H and O–H groups in total. The number of esters is 2. The van der Waals surface area contributed by atoms with E-state index < -0.39 is 28.1 Å². The average molecular weight is 437 g/mol. The molecular formula is C24H28O4Si2. The van der Waals surface area contributed by atoms with E-state index in [-0.39, 0.29) is 0 Å². The smallest absolute Gasteiger partial charge is 0.308 e. The highest BCUT2D eigenvalue weighted by Gasteiger charge is 2.17. The number of ether oxygens (including phenoxy) is 2. The number of hydrogen-bond donors (Lipinski definition) is 0. The van der Waals surface area contributed by atoms with E-state index >= 15 is 0 Å². The molecule has 4 nitrogen and oxygen atoms in total. The van der Waals surface area contributed by atoms with Gasteiger partial charge in [0.1, 0.15) is 27.6 Å². The van der Waals surface area contributed by atoms with Gasteiger partial charge < -0.3 is 9.47 Å². The number of carbonyl (C=O) groups excluding carboxylic acids is 2. The van der Waals surface area contributed by atoms with Crippen LogP contribution in [0.25, 0.3) is 10.8 Å². The van der Waals surface area contributed by atoms with Gasteiger partial charge in [-0.15, -0.1) is 11.1 Å². The first-order valence-corrected chi connectivity index (χ1v) is 16.8.